The summed E-state index contributed by atoms with van der Waals surface area (Å²) in [6, 6.07) is 19.4. The molecule has 0 aliphatic carbocycles. The summed E-state index contributed by atoms with van der Waals surface area (Å²) in [5, 5.41) is 10.2. The first kappa shape index (κ1) is 29.7. The minimum atomic E-state index is -0.232. The first-order valence-corrected chi connectivity index (χ1v) is 14.8. The normalized spacial score (nSPS) is 12.6. The number of aromatic nitrogens is 2. The highest BCUT2D eigenvalue weighted by atomic mass is 16.5. The van der Waals surface area contributed by atoms with Gasteiger partial charge in [-0.05, 0) is 74.6 Å². The van der Waals surface area contributed by atoms with Crippen LogP contribution in [0.1, 0.15) is 42.9 Å². The van der Waals surface area contributed by atoms with Crippen molar-refractivity contribution in [1.29, 1.82) is 0 Å². The number of para-hydroxylation sites is 1. The zero-order valence-electron chi connectivity index (χ0n) is 25.1. The van der Waals surface area contributed by atoms with Gasteiger partial charge in [0, 0.05) is 42.5 Å². The van der Waals surface area contributed by atoms with Crippen LogP contribution in [0.2, 0.25) is 0 Å². The first-order chi connectivity index (χ1) is 20.9. The lowest BCUT2D eigenvalue weighted by molar-refractivity contribution is -0.118. The molecule has 0 atom stereocenters. The van der Waals surface area contributed by atoms with Crippen molar-refractivity contribution in [3.63, 3.8) is 0 Å². The Morgan fingerprint density at radius 2 is 1.91 bits per heavy atom. The summed E-state index contributed by atoms with van der Waals surface area (Å²) in [7, 11) is 0. The van der Waals surface area contributed by atoms with E-state index in [1.807, 2.05) is 83.5 Å². The van der Waals surface area contributed by atoms with Gasteiger partial charge in [-0.15, -0.1) is 0 Å². The number of anilines is 2. The number of benzene rings is 3. The third-order valence-electron chi connectivity index (χ3n) is 7.52. The largest absolute Gasteiger partial charge is 0.493 e. The lowest BCUT2D eigenvalue weighted by atomic mass is 10.1. The molecule has 2 N–H and O–H groups in total. The minimum absolute atomic E-state index is 0.0604. The molecule has 0 spiro atoms. The summed E-state index contributed by atoms with van der Waals surface area (Å²) in [6.07, 6.45) is 5.56. The molecule has 0 saturated carbocycles. The van der Waals surface area contributed by atoms with E-state index in [0.29, 0.717) is 51.4 Å². The number of aryl methyl sites for hydroxylation is 1. The number of hydrogen-bond acceptors (Lipinski definition) is 5. The number of rotatable bonds is 10. The molecule has 9 nitrogen and oxygen atoms in total. The lowest BCUT2D eigenvalue weighted by Gasteiger charge is -2.23. The van der Waals surface area contributed by atoms with Crippen molar-refractivity contribution >= 4 is 23.3 Å². The van der Waals surface area contributed by atoms with Crippen molar-refractivity contribution in [3.05, 3.63) is 89.7 Å². The smallest absolute Gasteiger partial charge is 0.319 e. The van der Waals surface area contributed by atoms with E-state index >= 15 is 0 Å². The fraction of sp³-hybridized carbons (Fsp3) is 0.324. The summed E-state index contributed by atoms with van der Waals surface area (Å²) in [4.78, 5) is 27.2. The Balaban J connectivity index is 1.26. The van der Waals surface area contributed by atoms with Gasteiger partial charge >= 0.3 is 6.03 Å². The van der Waals surface area contributed by atoms with Crippen molar-refractivity contribution < 1.29 is 19.1 Å². The number of carbonyl (C=O) groups excluding carboxylic acids is 2. The van der Waals surface area contributed by atoms with Gasteiger partial charge in [-0.2, -0.15) is 5.10 Å². The predicted molar refractivity (Wildman–Crippen MR) is 169 cm³/mol. The van der Waals surface area contributed by atoms with Crippen LogP contribution in [-0.4, -0.2) is 48.0 Å². The molecular weight excluding hydrogens is 542 g/mol. The van der Waals surface area contributed by atoms with Gasteiger partial charge in [0.15, 0.2) is 5.75 Å². The number of nitrogens with zero attached hydrogens (tertiary/aromatic N) is 3. The molecule has 9 heteroatoms. The molecule has 3 amide bonds. The second-order valence-electron chi connectivity index (χ2n) is 10.7. The molecule has 0 unspecified atom stereocenters. The van der Waals surface area contributed by atoms with E-state index in [1.165, 1.54) is 5.56 Å². The molecule has 1 aliphatic heterocycles. The van der Waals surface area contributed by atoms with Gasteiger partial charge in [0.25, 0.3) is 0 Å². The van der Waals surface area contributed by atoms with Gasteiger partial charge < -0.3 is 25.0 Å². The third-order valence-corrected chi connectivity index (χ3v) is 7.52. The molecule has 5 rings (SSSR count). The summed E-state index contributed by atoms with van der Waals surface area (Å²) < 4.78 is 14.1. The Bertz CT molecular complexity index is 1580. The fourth-order valence-electron chi connectivity index (χ4n) is 5.17. The summed E-state index contributed by atoms with van der Waals surface area (Å²) in [5.74, 6) is 1.63. The van der Waals surface area contributed by atoms with Crippen LogP contribution in [0, 0.1) is 13.8 Å². The molecule has 0 bridgehead atoms. The molecule has 2 heterocycles. The van der Waals surface area contributed by atoms with Gasteiger partial charge in [0.2, 0.25) is 5.91 Å². The highest BCUT2D eigenvalue weighted by molar-refractivity contribution is 5.97. The highest BCUT2D eigenvalue weighted by Gasteiger charge is 2.25. The zero-order chi connectivity index (χ0) is 30.2. The maximum Gasteiger partial charge on any atom is 0.319 e. The third kappa shape index (κ3) is 7.35. The zero-order valence-corrected chi connectivity index (χ0v) is 25.1. The van der Waals surface area contributed by atoms with Crippen LogP contribution in [0.25, 0.3) is 11.1 Å². The van der Waals surface area contributed by atoms with Gasteiger partial charge in [0.1, 0.15) is 5.75 Å². The number of urea groups is 1. The van der Waals surface area contributed by atoms with E-state index in [4.69, 9.17) is 9.47 Å². The van der Waals surface area contributed by atoms with E-state index in [1.54, 1.807) is 0 Å². The predicted octanol–water partition coefficient (Wildman–Crippen LogP) is 6.33. The van der Waals surface area contributed by atoms with Gasteiger partial charge in [0.05, 0.1) is 31.6 Å². The van der Waals surface area contributed by atoms with Crippen LogP contribution in [0.4, 0.5) is 16.2 Å². The number of fused-ring (bicyclic) bond motifs is 1. The maximum atomic E-state index is 13.4. The second kappa shape index (κ2) is 13.9. The molecule has 0 saturated heterocycles. The Hall–Kier alpha value is -4.79. The quantitative estimate of drug-likeness (QED) is 0.213. The Kier molecular flexibility index (Phi) is 9.61. The fourth-order valence-corrected chi connectivity index (χ4v) is 5.17. The lowest BCUT2D eigenvalue weighted by Crippen LogP contribution is -2.31. The Morgan fingerprint density at radius 3 is 2.77 bits per heavy atom. The van der Waals surface area contributed by atoms with Gasteiger partial charge in [-0.3, -0.25) is 9.48 Å². The molecule has 43 heavy (non-hydrogen) atoms. The van der Waals surface area contributed by atoms with Crippen molar-refractivity contribution in [2.24, 2.45) is 0 Å². The van der Waals surface area contributed by atoms with Crippen molar-refractivity contribution in [2.45, 2.75) is 46.6 Å². The number of amides is 3. The Morgan fingerprint density at radius 1 is 1.07 bits per heavy atom. The van der Waals surface area contributed by atoms with Crippen molar-refractivity contribution in [2.75, 3.05) is 36.5 Å². The van der Waals surface area contributed by atoms with Crippen molar-refractivity contribution in [3.8, 4) is 22.6 Å². The summed E-state index contributed by atoms with van der Waals surface area (Å²) in [5.41, 5.74) is 6.64. The molecule has 3 aromatic carbocycles. The second-order valence-corrected chi connectivity index (χ2v) is 10.7. The maximum absolute atomic E-state index is 13.4. The minimum Gasteiger partial charge on any atom is -0.493 e. The van der Waals surface area contributed by atoms with Crippen molar-refractivity contribution in [1.82, 2.24) is 15.1 Å². The van der Waals surface area contributed by atoms with E-state index in [0.717, 1.165) is 45.8 Å². The van der Waals surface area contributed by atoms with Crippen LogP contribution in [0.5, 0.6) is 11.5 Å². The molecule has 4 aromatic rings. The van der Waals surface area contributed by atoms with E-state index in [9.17, 15) is 9.59 Å². The molecule has 224 valence electrons. The standard InChI is InChI=1S/C34H39N5O4/c1-4-35-34(41)37-28-12-6-11-26(20-28)22-38-23-27(21-36-38)29-13-7-14-30-33(29)43-19-9-17-39(30)32(40)16-8-18-42-31-15-5-10-24(2)25(31)3/h5-7,10-15,20-21,23H,4,8-9,16-19,22H2,1-3H3,(H2,35,37,41). The average molecular weight is 582 g/mol. The highest BCUT2D eigenvalue weighted by Crippen LogP contribution is 2.40. The van der Waals surface area contributed by atoms with Crippen LogP contribution >= 0.6 is 0 Å². The van der Waals surface area contributed by atoms with Crippen LogP contribution < -0.4 is 25.0 Å². The van der Waals surface area contributed by atoms with Gasteiger partial charge in [-0.25, -0.2) is 4.79 Å². The van der Waals surface area contributed by atoms with E-state index < -0.39 is 0 Å². The number of nitrogens with one attached hydrogen (secondary N) is 2. The molecular formula is C34H39N5O4. The molecule has 0 fully saturated rings. The number of carbonyl (C=O) groups is 2. The summed E-state index contributed by atoms with van der Waals surface area (Å²) in [6.45, 7) is 8.71. The molecule has 1 aromatic heterocycles. The van der Waals surface area contributed by atoms with Gasteiger partial charge in [-0.1, -0.05) is 36.4 Å². The van der Waals surface area contributed by atoms with E-state index in [2.05, 4.69) is 35.6 Å². The first-order valence-electron chi connectivity index (χ1n) is 14.8. The SMILES string of the molecule is CCNC(=O)Nc1cccc(Cn2cc(-c3cccc4c3OCCCN4C(=O)CCCOc3cccc(C)c3C)cn2)c1. The number of hydrogen-bond donors (Lipinski definition) is 2. The molecule has 1 aliphatic rings. The van der Waals surface area contributed by atoms with Crippen LogP contribution in [0.3, 0.4) is 0 Å². The van der Waals surface area contributed by atoms with E-state index in [-0.39, 0.29) is 11.9 Å². The molecule has 0 radical (unpaired) electrons. The van der Waals surface area contributed by atoms with Crippen LogP contribution in [-0.2, 0) is 11.3 Å². The average Bonchev–Trinajstić information content (AvgIpc) is 3.34. The van der Waals surface area contributed by atoms with Crippen LogP contribution in [0.15, 0.2) is 73.1 Å². The number of ether oxygens (including phenoxy) is 2. The Labute approximate surface area is 252 Å². The monoisotopic (exact) mass is 581 g/mol. The topological polar surface area (TPSA) is 97.7 Å². The summed E-state index contributed by atoms with van der Waals surface area (Å²) >= 11 is 0.